The van der Waals surface area contributed by atoms with Crippen LogP contribution in [-0.4, -0.2) is 17.6 Å². The van der Waals surface area contributed by atoms with E-state index < -0.39 is 0 Å². The number of phenols is 1. The normalized spacial score (nSPS) is 10.1. The average Bonchev–Trinajstić information content (AvgIpc) is 2.28. The lowest BCUT2D eigenvalue weighted by molar-refractivity contribution is -0.120. The highest BCUT2D eigenvalue weighted by atomic mass is 16.3. The third-order valence-corrected chi connectivity index (χ3v) is 2.40. The molecule has 1 aromatic rings. The van der Waals surface area contributed by atoms with Gasteiger partial charge in [-0.05, 0) is 24.1 Å². The minimum atomic E-state index is 0.0433. The monoisotopic (exact) mass is 221 g/mol. The fraction of sp³-hybridized carbons (Fsp3) is 0.462. The van der Waals surface area contributed by atoms with Crippen molar-refractivity contribution in [1.82, 2.24) is 5.32 Å². The lowest BCUT2D eigenvalue weighted by Gasteiger charge is -2.04. The molecule has 0 aliphatic rings. The fourth-order valence-electron chi connectivity index (χ4n) is 1.46. The van der Waals surface area contributed by atoms with Gasteiger partial charge in [-0.3, -0.25) is 4.79 Å². The van der Waals surface area contributed by atoms with Crippen LogP contribution in [-0.2, 0) is 11.2 Å². The van der Waals surface area contributed by atoms with Crippen molar-refractivity contribution in [1.29, 1.82) is 0 Å². The maximum atomic E-state index is 11.5. The first-order valence-corrected chi connectivity index (χ1v) is 5.77. The second-order valence-corrected chi connectivity index (χ2v) is 3.90. The quantitative estimate of drug-likeness (QED) is 0.724. The number of unbranched alkanes of at least 4 members (excludes halogenated alkanes) is 2. The Bertz CT molecular complexity index is 319. The Kier molecular flexibility index (Phi) is 5.40. The topological polar surface area (TPSA) is 49.3 Å². The molecule has 0 aliphatic carbocycles. The summed E-state index contributed by atoms with van der Waals surface area (Å²) in [5.41, 5.74) is 0.922. The molecule has 0 bridgehead atoms. The second-order valence-electron chi connectivity index (χ2n) is 3.90. The molecule has 0 aliphatic heterocycles. The zero-order valence-corrected chi connectivity index (χ0v) is 9.70. The van der Waals surface area contributed by atoms with E-state index in [1.807, 2.05) is 0 Å². The Labute approximate surface area is 96.5 Å². The number of phenolic OH excluding ortho intramolecular Hbond substituents is 1. The van der Waals surface area contributed by atoms with E-state index in [-0.39, 0.29) is 11.7 Å². The summed E-state index contributed by atoms with van der Waals surface area (Å²) >= 11 is 0. The lowest BCUT2D eigenvalue weighted by atomic mass is 10.1. The molecule has 16 heavy (non-hydrogen) atoms. The molecule has 0 spiro atoms. The van der Waals surface area contributed by atoms with Gasteiger partial charge in [0.2, 0.25) is 5.91 Å². The molecular weight excluding hydrogens is 202 g/mol. The summed E-state index contributed by atoms with van der Waals surface area (Å²) in [5.74, 6) is 0.272. The molecule has 0 unspecified atom stereocenters. The molecule has 0 heterocycles. The van der Waals surface area contributed by atoms with Gasteiger partial charge in [0, 0.05) is 6.54 Å². The van der Waals surface area contributed by atoms with E-state index in [9.17, 15) is 4.79 Å². The predicted molar refractivity (Wildman–Crippen MR) is 64.3 cm³/mol. The largest absolute Gasteiger partial charge is 0.508 e. The van der Waals surface area contributed by atoms with Crippen LogP contribution in [0.3, 0.4) is 0 Å². The summed E-state index contributed by atoms with van der Waals surface area (Å²) in [7, 11) is 0. The van der Waals surface area contributed by atoms with Crippen LogP contribution in [0.2, 0.25) is 0 Å². The smallest absolute Gasteiger partial charge is 0.224 e. The second kappa shape index (κ2) is 6.88. The van der Waals surface area contributed by atoms with Crippen molar-refractivity contribution in [2.75, 3.05) is 6.54 Å². The van der Waals surface area contributed by atoms with Gasteiger partial charge >= 0.3 is 0 Å². The number of hydrogen-bond donors (Lipinski definition) is 2. The first-order valence-electron chi connectivity index (χ1n) is 5.77. The van der Waals surface area contributed by atoms with Crippen molar-refractivity contribution in [2.24, 2.45) is 0 Å². The van der Waals surface area contributed by atoms with Gasteiger partial charge < -0.3 is 10.4 Å². The number of aromatic hydroxyl groups is 1. The molecule has 0 atom stereocenters. The lowest BCUT2D eigenvalue weighted by Crippen LogP contribution is -2.25. The van der Waals surface area contributed by atoms with Crippen LogP contribution in [0.1, 0.15) is 31.7 Å². The molecule has 1 amide bonds. The molecule has 3 heteroatoms. The van der Waals surface area contributed by atoms with Crippen molar-refractivity contribution >= 4 is 5.91 Å². The van der Waals surface area contributed by atoms with Crippen LogP contribution in [0.4, 0.5) is 0 Å². The van der Waals surface area contributed by atoms with Crippen LogP contribution in [0.15, 0.2) is 24.3 Å². The minimum Gasteiger partial charge on any atom is -0.508 e. The molecule has 0 fully saturated rings. The van der Waals surface area contributed by atoms with Crippen molar-refractivity contribution in [3.05, 3.63) is 29.8 Å². The van der Waals surface area contributed by atoms with Gasteiger partial charge in [-0.1, -0.05) is 31.9 Å². The zero-order valence-electron chi connectivity index (χ0n) is 9.70. The Morgan fingerprint density at radius 2 is 1.94 bits per heavy atom. The average molecular weight is 221 g/mol. The molecular formula is C13H19NO2. The van der Waals surface area contributed by atoms with Crippen molar-refractivity contribution in [3.8, 4) is 5.75 Å². The Morgan fingerprint density at radius 1 is 1.25 bits per heavy atom. The maximum Gasteiger partial charge on any atom is 0.224 e. The van der Waals surface area contributed by atoms with Crippen LogP contribution in [0, 0.1) is 0 Å². The third-order valence-electron chi connectivity index (χ3n) is 2.40. The Morgan fingerprint density at radius 3 is 2.56 bits per heavy atom. The number of nitrogens with one attached hydrogen (secondary N) is 1. The highest BCUT2D eigenvalue weighted by Gasteiger charge is 2.02. The van der Waals surface area contributed by atoms with Gasteiger partial charge in [0.1, 0.15) is 5.75 Å². The van der Waals surface area contributed by atoms with Gasteiger partial charge in [0.05, 0.1) is 6.42 Å². The van der Waals surface area contributed by atoms with Crippen LogP contribution in [0.5, 0.6) is 5.75 Å². The SMILES string of the molecule is CCCCCNC(=O)Cc1ccc(O)cc1. The van der Waals surface area contributed by atoms with E-state index >= 15 is 0 Å². The van der Waals surface area contributed by atoms with Gasteiger partial charge in [0.15, 0.2) is 0 Å². The van der Waals surface area contributed by atoms with E-state index in [1.54, 1.807) is 24.3 Å². The predicted octanol–water partition coefficient (Wildman–Crippen LogP) is 2.24. The molecule has 0 aromatic heterocycles. The highest BCUT2D eigenvalue weighted by Crippen LogP contribution is 2.09. The Balaban J connectivity index is 2.26. The third kappa shape index (κ3) is 4.82. The fourth-order valence-corrected chi connectivity index (χ4v) is 1.46. The zero-order chi connectivity index (χ0) is 11.8. The molecule has 1 aromatic carbocycles. The van der Waals surface area contributed by atoms with E-state index in [4.69, 9.17) is 5.11 Å². The van der Waals surface area contributed by atoms with Crippen LogP contribution >= 0.6 is 0 Å². The van der Waals surface area contributed by atoms with E-state index in [0.29, 0.717) is 6.42 Å². The maximum absolute atomic E-state index is 11.5. The first kappa shape index (κ1) is 12.6. The molecule has 88 valence electrons. The van der Waals surface area contributed by atoms with Gasteiger partial charge in [-0.2, -0.15) is 0 Å². The number of carbonyl (C=O) groups is 1. The molecule has 1 rings (SSSR count). The summed E-state index contributed by atoms with van der Waals surface area (Å²) in [6.45, 7) is 2.89. The van der Waals surface area contributed by atoms with Crippen LogP contribution in [0.25, 0.3) is 0 Å². The molecule has 0 saturated carbocycles. The van der Waals surface area contributed by atoms with Crippen molar-refractivity contribution in [3.63, 3.8) is 0 Å². The summed E-state index contributed by atoms with van der Waals surface area (Å²) in [6, 6.07) is 6.72. The summed E-state index contributed by atoms with van der Waals surface area (Å²) in [5, 5.41) is 12.0. The van der Waals surface area contributed by atoms with E-state index in [2.05, 4.69) is 12.2 Å². The van der Waals surface area contributed by atoms with Crippen molar-refractivity contribution < 1.29 is 9.90 Å². The van der Waals surface area contributed by atoms with Crippen LogP contribution < -0.4 is 5.32 Å². The standard InChI is InChI=1S/C13H19NO2/c1-2-3-4-9-14-13(16)10-11-5-7-12(15)8-6-11/h5-8,15H,2-4,9-10H2,1H3,(H,14,16). The number of rotatable bonds is 6. The summed E-state index contributed by atoms with van der Waals surface area (Å²) < 4.78 is 0. The number of hydrogen-bond acceptors (Lipinski definition) is 2. The first-order chi connectivity index (χ1) is 7.72. The van der Waals surface area contributed by atoms with Gasteiger partial charge in [-0.15, -0.1) is 0 Å². The molecule has 0 saturated heterocycles. The highest BCUT2D eigenvalue weighted by molar-refractivity contribution is 5.78. The number of carbonyl (C=O) groups excluding carboxylic acids is 1. The number of amides is 1. The Hall–Kier alpha value is -1.51. The van der Waals surface area contributed by atoms with Gasteiger partial charge in [0.25, 0.3) is 0 Å². The summed E-state index contributed by atoms with van der Waals surface area (Å²) in [6.07, 6.45) is 3.73. The van der Waals surface area contributed by atoms with Gasteiger partial charge in [-0.25, -0.2) is 0 Å². The minimum absolute atomic E-state index is 0.0433. The molecule has 2 N–H and O–H groups in total. The molecule has 3 nitrogen and oxygen atoms in total. The molecule has 0 radical (unpaired) electrons. The van der Waals surface area contributed by atoms with Crippen molar-refractivity contribution in [2.45, 2.75) is 32.6 Å². The summed E-state index contributed by atoms with van der Waals surface area (Å²) in [4.78, 5) is 11.5. The number of benzene rings is 1. The van der Waals surface area contributed by atoms with E-state index in [0.717, 1.165) is 31.4 Å². The van der Waals surface area contributed by atoms with E-state index in [1.165, 1.54) is 0 Å².